The molecular formula is C27H30ClNO6S. The van der Waals surface area contributed by atoms with E-state index in [1.165, 1.54) is 24.3 Å². The number of nitrogens with one attached hydrogen (secondary N) is 1. The minimum Gasteiger partial charge on any atom is -0.479 e. The highest BCUT2D eigenvalue weighted by atomic mass is 35.5. The number of aliphatic hydroxyl groups excluding tert-OH is 1. The van der Waals surface area contributed by atoms with Crippen molar-refractivity contribution in [2.24, 2.45) is 0 Å². The van der Waals surface area contributed by atoms with Crippen molar-refractivity contribution in [1.82, 2.24) is 5.32 Å². The van der Waals surface area contributed by atoms with Crippen LogP contribution in [0.15, 0.2) is 82.6 Å². The van der Waals surface area contributed by atoms with Gasteiger partial charge in [-0.3, -0.25) is 0 Å². The van der Waals surface area contributed by atoms with Gasteiger partial charge in [0.1, 0.15) is 5.75 Å². The molecule has 3 rings (SSSR count). The first-order valence-corrected chi connectivity index (χ1v) is 13.5. The van der Waals surface area contributed by atoms with Gasteiger partial charge in [-0.25, -0.2) is 13.2 Å². The summed E-state index contributed by atoms with van der Waals surface area (Å²) >= 11 is 5.96. The summed E-state index contributed by atoms with van der Waals surface area (Å²) in [5, 5.41) is 14.0. The van der Waals surface area contributed by atoms with E-state index < -0.39 is 28.0 Å². The first-order chi connectivity index (χ1) is 17.2. The molecule has 3 aromatic rings. The van der Waals surface area contributed by atoms with E-state index in [0.29, 0.717) is 30.3 Å². The molecular weight excluding hydrogens is 502 g/mol. The predicted molar refractivity (Wildman–Crippen MR) is 138 cm³/mol. The molecule has 0 heterocycles. The fourth-order valence-electron chi connectivity index (χ4n) is 3.48. The zero-order chi connectivity index (χ0) is 26.1. The molecule has 0 saturated carbocycles. The second-order valence-electron chi connectivity index (χ2n) is 8.16. The SMILES string of the molecule is CCOC(=O)[C@@H](C)Oc1ccc(S(=O)(=O)c2ccc(CCNC[C@H](O)c3cccc(Cl)c3)cc2)cc1. The van der Waals surface area contributed by atoms with Crippen LogP contribution in [0.4, 0.5) is 0 Å². The molecule has 0 spiro atoms. The Labute approximate surface area is 216 Å². The number of hydrogen-bond donors (Lipinski definition) is 2. The number of ether oxygens (including phenoxy) is 2. The van der Waals surface area contributed by atoms with Crippen LogP contribution in [-0.2, 0) is 25.8 Å². The Bertz CT molecular complexity index is 1250. The fourth-order valence-corrected chi connectivity index (χ4v) is 4.94. The van der Waals surface area contributed by atoms with E-state index in [1.54, 1.807) is 56.3 Å². The highest BCUT2D eigenvalue weighted by Gasteiger charge is 2.19. The van der Waals surface area contributed by atoms with Crippen LogP contribution < -0.4 is 10.1 Å². The summed E-state index contributed by atoms with van der Waals surface area (Å²) in [5.41, 5.74) is 1.72. The van der Waals surface area contributed by atoms with Crippen molar-refractivity contribution in [3.63, 3.8) is 0 Å². The molecule has 36 heavy (non-hydrogen) atoms. The first kappa shape index (κ1) is 27.7. The smallest absolute Gasteiger partial charge is 0.347 e. The topological polar surface area (TPSA) is 102 Å². The average molecular weight is 532 g/mol. The van der Waals surface area contributed by atoms with Gasteiger partial charge in [-0.15, -0.1) is 0 Å². The van der Waals surface area contributed by atoms with Crippen LogP contribution in [0.25, 0.3) is 0 Å². The fraction of sp³-hybridized carbons (Fsp3) is 0.296. The summed E-state index contributed by atoms with van der Waals surface area (Å²) < 4.78 is 36.4. The van der Waals surface area contributed by atoms with Crippen molar-refractivity contribution in [3.8, 4) is 5.75 Å². The van der Waals surface area contributed by atoms with Crippen LogP contribution in [-0.4, -0.2) is 45.3 Å². The molecule has 2 atom stereocenters. The normalized spacial score (nSPS) is 13.1. The Balaban J connectivity index is 1.53. The van der Waals surface area contributed by atoms with E-state index in [0.717, 1.165) is 11.1 Å². The van der Waals surface area contributed by atoms with E-state index in [1.807, 2.05) is 6.07 Å². The van der Waals surface area contributed by atoms with E-state index in [-0.39, 0.29) is 16.4 Å². The molecule has 2 N–H and O–H groups in total. The zero-order valence-corrected chi connectivity index (χ0v) is 21.8. The number of halogens is 1. The van der Waals surface area contributed by atoms with Gasteiger partial charge in [0, 0.05) is 11.6 Å². The highest BCUT2D eigenvalue weighted by molar-refractivity contribution is 7.91. The number of aliphatic hydroxyl groups is 1. The van der Waals surface area contributed by atoms with Gasteiger partial charge in [0.15, 0.2) is 6.10 Å². The molecule has 0 unspecified atom stereocenters. The summed E-state index contributed by atoms with van der Waals surface area (Å²) in [5.74, 6) is -0.111. The van der Waals surface area contributed by atoms with Crippen LogP contribution >= 0.6 is 11.6 Å². The van der Waals surface area contributed by atoms with Gasteiger partial charge >= 0.3 is 5.97 Å². The van der Waals surface area contributed by atoms with Crippen LogP contribution in [0.3, 0.4) is 0 Å². The Morgan fingerprint density at radius 1 is 1.03 bits per heavy atom. The van der Waals surface area contributed by atoms with Crippen molar-refractivity contribution in [1.29, 1.82) is 0 Å². The van der Waals surface area contributed by atoms with Gasteiger partial charge in [-0.2, -0.15) is 0 Å². The van der Waals surface area contributed by atoms with Crippen molar-refractivity contribution in [2.45, 2.75) is 42.3 Å². The van der Waals surface area contributed by atoms with E-state index in [9.17, 15) is 18.3 Å². The Morgan fingerprint density at radius 2 is 1.67 bits per heavy atom. The summed E-state index contributed by atoms with van der Waals surface area (Å²) in [6, 6.07) is 19.8. The quantitative estimate of drug-likeness (QED) is 0.264. The molecule has 0 saturated heterocycles. The third-order valence-corrected chi connectivity index (χ3v) is 7.48. The van der Waals surface area contributed by atoms with Gasteiger partial charge in [-0.05, 0) is 86.5 Å². The molecule has 0 bridgehead atoms. The minimum absolute atomic E-state index is 0.128. The second-order valence-corrected chi connectivity index (χ2v) is 10.5. The predicted octanol–water partition coefficient (Wildman–Crippen LogP) is 4.37. The number of esters is 1. The molecule has 0 aliphatic carbocycles. The number of carbonyl (C=O) groups is 1. The maximum absolute atomic E-state index is 13.0. The number of hydrogen-bond acceptors (Lipinski definition) is 7. The molecule has 7 nitrogen and oxygen atoms in total. The maximum atomic E-state index is 13.0. The lowest BCUT2D eigenvalue weighted by Crippen LogP contribution is -2.26. The molecule has 0 aromatic heterocycles. The van der Waals surface area contributed by atoms with Crippen molar-refractivity contribution >= 4 is 27.4 Å². The lowest BCUT2D eigenvalue weighted by molar-refractivity contribution is -0.150. The van der Waals surface area contributed by atoms with E-state index >= 15 is 0 Å². The Hall–Kier alpha value is -2.91. The third-order valence-electron chi connectivity index (χ3n) is 5.46. The molecule has 0 amide bonds. The number of sulfone groups is 1. The zero-order valence-electron chi connectivity index (χ0n) is 20.2. The molecule has 3 aromatic carbocycles. The summed E-state index contributed by atoms with van der Waals surface area (Å²) in [7, 11) is -3.70. The highest BCUT2D eigenvalue weighted by Crippen LogP contribution is 2.24. The number of rotatable bonds is 12. The Kier molecular flexibility index (Phi) is 9.89. The summed E-state index contributed by atoms with van der Waals surface area (Å²) in [6.45, 7) is 4.54. The van der Waals surface area contributed by atoms with Gasteiger partial charge in [-0.1, -0.05) is 35.9 Å². The third kappa shape index (κ3) is 7.54. The molecule has 192 valence electrons. The van der Waals surface area contributed by atoms with E-state index in [2.05, 4.69) is 5.32 Å². The second kappa shape index (κ2) is 12.9. The largest absolute Gasteiger partial charge is 0.479 e. The number of benzene rings is 3. The minimum atomic E-state index is -3.70. The van der Waals surface area contributed by atoms with Crippen LogP contribution in [0, 0.1) is 0 Å². The van der Waals surface area contributed by atoms with Gasteiger partial charge in [0.2, 0.25) is 9.84 Å². The Morgan fingerprint density at radius 3 is 2.28 bits per heavy atom. The molecule has 0 aliphatic heterocycles. The van der Waals surface area contributed by atoms with Gasteiger partial charge in [0.05, 0.1) is 22.5 Å². The molecule has 9 heteroatoms. The number of carbonyl (C=O) groups excluding carboxylic acids is 1. The lowest BCUT2D eigenvalue weighted by atomic mass is 10.1. The van der Waals surface area contributed by atoms with Gasteiger partial charge in [0.25, 0.3) is 0 Å². The standard InChI is InChI=1S/C27H30ClNO6S/c1-3-34-27(31)19(2)35-23-9-13-25(14-10-23)36(32,33)24-11-7-20(8-12-24)15-16-29-18-26(30)21-5-4-6-22(28)17-21/h4-14,17,19,26,29-30H,3,15-16,18H2,1-2H3/t19-,26+/m1/s1. The summed E-state index contributed by atoms with van der Waals surface area (Å²) in [4.78, 5) is 12.0. The van der Waals surface area contributed by atoms with E-state index in [4.69, 9.17) is 21.1 Å². The molecule has 0 aliphatic rings. The monoisotopic (exact) mass is 531 g/mol. The lowest BCUT2D eigenvalue weighted by Gasteiger charge is -2.14. The van der Waals surface area contributed by atoms with Crippen molar-refractivity contribution in [3.05, 3.63) is 88.9 Å². The van der Waals surface area contributed by atoms with Crippen LogP contribution in [0.1, 0.15) is 31.1 Å². The molecule has 0 fully saturated rings. The van der Waals surface area contributed by atoms with Crippen LogP contribution in [0.2, 0.25) is 5.02 Å². The maximum Gasteiger partial charge on any atom is 0.347 e. The molecule has 0 radical (unpaired) electrons. The van der Waals surface area contributed by atoms with Crippen molar-refractivity contribution < 1.29 is 27.8 Å². The summed E-state index contributed by atoms with van der Waals surface area (Å²) in [6.07, 6.45) is -0.788. The first-order valence-electron chi connectivity index (χ1n) is 11.6. The van der Waals surface area contributed by atoms with Crippen molar-refractivity contribution in [2.75, 3.05) is 19.7 Å². The van der Waals surface area contributed by atoms with Gasteiger partial charge < -0.3 is 19.9 Å². The van der Waals surface area contributed by atoms with Crippen LogP contribution in [0.5, 0.6) is 5.75 Å². The average Bonchev–Trinajstić information content (AvgIpc) is 2.87.